The first-order valence-corrected chi connectivity index (χ1v) is 7.25. The van der Waals surface area contributed by atoms with Crippen molar-refractivity contribution in [3.63, 3.8) is 0 Å². The molecule has 2 amide bonds. The van der Waals surface area contributed by atoms with E-state index in [1.54, 1.807) is 12.0 Å². The van der Waals surface area contributed by atoms with Crippen molar-refractivity contribution in [3.05, 3.63) is 24.3 Å². The van der Waals surface area contributed by atoms with Crippen molar-refractivity contribution in [1.29, 1.82) is 0 Å². The summed E-state index contributed by atoms with van der Waals surface area (Å²) in [5.41, 5.74) is 6.33. The fraction of sp³-hybridized carbons (Fsp3) is 0.533. The van der Waals surface area contributed by atoms with Crippen molar-refractivity contribution in [3.8, 4) is 5.75 Å². The van der Waals surface area contributed by atoms with Crippen LogP contribution in [0.1, 0.15) is 12.8 Å². The van der Waals surface area contributed by atoms with Gasteiger partial charge >= 0.3 is 6.03 Å². The third-order valence-corrected chi connectivity index (χ3v) is 3.46. The minimum atomic E-state index is -0.136. The third kappa shape index (κ3) is 4.09. The molecular formula is C15H23N3O3. The number of methoxy groups -OCH3 is 1. The minimum Gasteiger partial charge on any atom is -0.495 e. The molecule has 0 aromatic heterocycles. The molecule has 6 nitrogen and oxygen atoms in total. The molecule has 1 saturated heterocycles. The topological polar surface area (TPSA) is 76.8 Å². The fourth-order valence-corrected chi connectivity index (χ4v) is 2.33. The van der Waals surface area contributed by atoms with Crippen molar-refractivity contribution >= 4 is 11.7 Å². The molecule has 1 aromatic rings. The summed E-state index contributed by atoms with van der Waals surface area (Å²) in [5, 5.41) is 3.00. The van der Waals surface area contributed by atoms with Crippen molar-refractivity contribution in [2.75, 3.05) is 38.3 Å². The lowest BCUT2D eigenvalue weighted by molar-refractivity contribution is 0.189. The number of carbonyl (C=O) groups excluding carboxylic acids is 1. The summed E-state index contributed by atoms with van der Waals surface area (Å²) >= 11 is 0. The van der Waals surface area contributed by atoms with Crippen molar-refractivity contribution in [2.24, 2.45) is 5.73 Å². The SMILES string of the molecule is COc1ccccc1N(CCCN)C(=O)NC1CCOC1. The molecule has 1 aliphatic heterocycles. The van der Waals surface area contributed by atoms with Crippen LogP contribution in [0.4, 0.5) is 10.5 Å². The third-order valence-electron chi connectivity index (χ3n) is 3.46. The maximum absolute atomic E-state index is 12.5. The largest absolute Gasteiger partial charge is 0.495 e. The molecule has 1 atom stereocenters. The molecule has 1 heterocycles. The van der Waals surface area contributed by atoms with E-state index in [-0.39, 0.29) is 12.1 Å². The van der Waals surface area contributed by atoms with Gasteiger partial charge in [-0.2, -0.15) is 0 Å². The molecule has 1 fully saturated rings. The van der Waals surface area contributed by atoms with Crippen LogP contribution in [-0.2, 0) is 4.74 Å². The van der Waals surface area contributed by atoms with E-state index in [9.17, 15) is 4.79 Å². The van der Waals surface area contributed by atoms with Gasteiger partial charge in [-0.15, -0.1) is 0 Å². The lowest BCUT2D eigenvalue weighted by Gasteiger charge is -2.26. The molecule has 1 aromatic carbocycles. The molecule has 21 heavy (non-hydrogen) atoms. The standard InChI is InChI=1S/C15H23N3O3/c1-20-14-6-3-2-5-13(14)18(9-4-8-16)15(19)17-12-7-10-21-11-12/h2-3,5-6,12H,4,7-11,16H2,1H3,(H,17,19). The van der Waals surface area contributed by atoms with Gasteiger partial charge in [0.15, 0.2) is 0 Å². The highest BCUT2D eigenvalue weighted by atomic mass is 16.5. The zero-order chi connectivity index (χ0) is 15.1. The van der Waals surface area contributed by atoms with Gasteiger partial charge in [0, 0.05) is 13.2 Å². The molecule has 6 heteroatoms. The number of anilines is 1. The van der Waals surface area contributed by atoms with Gasteiger partial charge in [-0.1, -0.05) is 12.1 Å². The molecule has 0 spiro atoms. The van der Waals surface area contributed by atoms with Crippen LogP contribution in [0.5, 0.6) is 5.75 Å². The van der Waals surface area contributed by atoms with Gasteiger partial charge in [0.05, 0.1) is 25.4 Å². The number of nitrogens with one attached hydrogen (secondary N) is 1. The Kier molecular flexibility index (Phi) is 5.83. The Morgan fingerprint density at radius 2 is 2.33 bits per heavy atom. The van der Waals surface area contributed by atoms with Gasteiger partial charge in [-0.25, -0.2) is 4.79 Å². The highest BCUT2D eigenvalue weighted by Crippen LogP contribution is 2.28. The number of amides is 2. The number of benzene rings is 1. The molecule has 1 aliphatic rings. The maximum Gasteiger partial charge on any atom is 0.322 e. The Bertz CT molecular complexity index is 461. The molecular weight excluding hydrogens is 270 g/mol. The lowest BCUT2D eigenvalue weighted by atomic mass is 10.2. The van der Waals surface area contributed by atoms with Gasteiger partial charge in [-0.3, -0.25) is 4.90 Å². The average molecular weight is 293 g/mol. The van der Waals surface area contributed by atoms with Crippen LogP contribution in [0, 0.1) is 0 Å². The quantitative estimate of drug-likeness (QED) is 0.830. The zero-order valence-corrected chi connectivity index (χ0v) is 12.4. The van der Waals surface area contributed by atoms with Crippen LogP contribution < -0.4 is 20.7 Å². The van der Waals surface area contributed by atoms with Crippen molar-refractivity contribution < 1.29 is 14.3 Å². The Morgan fingerprint density at radius 3 is 3.00 bits per heavy atom. The second-order valence-electron chi connectivity index (χ2n) is 4.98. The molecule has 2 rings (SSSR count). The first-order valence-electron chi connectivity index (χ1n) is 7.25. The predicted octanol–water partition coefficient (Wildman–Crippen LogP) is 1.35. The van der Waals surface area contributed by atoms with Crippen LogP contribution in [0.3, 0.4) is 0 Å². The Labute approximate surface area is 125 Å². The number of carbonyl (C=O) groups is 1. The number of hydrogen-bond donors (Lipinski definition) is 2. The first kappa shape index (κ1) is 15.6. The fourth-order valence-electron chi connectivity index (χ4n) is 2.33. The van der Waals surface area contributed by atoms with Gasteiger partial charge in [-0.05, 0) is 31.5 Å². The molecule has 3 N–H and O–H groups in total. The number of nitrogens with zero attached hydrogens (tertiary/aromatic N) is 1. The number of urea groups is 1. The monoisotopic (exact) mass is 293 g/mol. The Hall–Kier alpha value is -1.79. The summed E-state index contributed by atoms with van der Waals surface area (Å²) in [6.45, 7) is 2.35. The Balaban J connectivity index is 2.14. The molecule has 116 valence electrons. The van der Waals surface area contributed by atoms with E-state index in [4.69, 9.17) is 15.2 Å². The lowest BCUT2D eigenvalue weighted by Crippen LogP contribution is -2.46. The molecule has 0 saturated carbocycles. The van der Waals surface area contributed by atoms with E-state index in [2.05, 4.69) is 5.32 Å². The number of para-hydroxylation sites is 2. The van der Waals surface area contributed by atoms with Crippen LogP contribution >= 0.6 is 0 Å². The number of rotatable bonds is 6. The number of nitrogens with two attached hydrogens (primary N) is 1. The average Bonchev–Trinajstić information content (AvgIpc) is 3.01. The molecule has 0 aliphatic carbocycles. The van der Waals surface area contributed by atoms with Gasteiger partial charge in [0.25, 0.3) is 0 Å². The summed E-state index contributed by atoms with van der Waals surface area (Å²) in [5.74, 6) is 0.673. The summed E-state index contributed by atoms with van der Waals surface area (Å²) in [7, 11) is 1.60. The zero-order valence-electron chi connectivity index (χ0n) is 12.4. The smallest absolute Gasteiger partial charge is 0.322 e. The molecule has 0 radical (unpaired) electrons. The van der Waals surface area contributed by atoms with Crippen LogP contribution in [-0.4, -0.2) is 45.5 Å². The molecule has 1 unspecified atom stereocenters. The molecule has 0 bridgehead atoms. The Morgan fingerprint density at radius 1 is 1.52 bits per heavy atom. The number of hydrogen-bond acceptors (Lipinski definition) is 4. The van der Waals surface area contributed by atoms with E-state index < -0.39 is 0 Å². The number of ether oxygens (including phenoxy) is 2. The normalized spacial score (nSPS) is 17.5. The van der Waals surface area contributed by atoms with E-state index in [1.165, 1.54) is 0 Å². The van der Waals surface area contributed by atoms with E-state index in [0.717, 1.165) is 18.5 Å². The van der Waals surface area contributed by atoms with Crippen LogP contribution in [0.15, 0.2) is 24.3 Å². The van der Waals surface area contributed by atoms with Crippen LogP contribution in [0.2, 0.25) is 0 Å². The van der Waals surface area contributed by atoms with Crippen molar-refractivity contribution in [2.45, 2.75) is 18.9 Å². The highest BCUT2D eigenvalue weighted by molar-refractivity contribution is 5.93. The summed E-state index contributed by atoms with van der Waals surface area (Å²) in [6.07, 6.45) is 1.58. The predicted molar refractivity (Wildman–Crippen MR) is 81.8 cm³/mol. The highest BCUT2D eigenvalue weighted by Gasteiger charge is 2.23. The van der Waals surface area contributed by atoms with E-state index in [0.29, 0.717) is 32.1 Å². The van der Waals surface area contributed by atoms with E-state index in [1.807, 2.05) is 24.3 Å². The maximum atomic E-state index is 12.5. The summed E-state index contributed by atoms with van der Waals surface area (Å²) in [6, 6.07) is 7.43. The van der Waals surface area contributed by atoms with Crippen molar-refractivity contribution in [1.82, 2.24) is 5.32 Å². The second-order valence-corrected chi connectivity index (χ2v) is 4.98. The second kappa shape index (κ2) is 7.85. The van der Waals surface area contributed by atoms with Gasteiger partial charge < -0.3 is 20.5 Å². The van der Waals surface area contributed by atoms with Gasteiger partial charge in [0.1, 0.15) is 5.75 Å². The van der Waals surface area contributed by atoms with Crippen LogP contribution in [0.25, 0.3) is 0 Å². The van der Waals surface area contributed by atoms with E-state index >= 15 is 0 Å². The summed E-state index contributed by atoms with van der Waals surface area (Å²) in [4.78, 5) is 14.2. The summed E-state index contributed by atoms with van der Waals surface area (Å²) < 4.78 is 10.6. The minimum absolute atomic E-state index is 0.0765. The first-order chi connectivity index (χ1) is 10.3. The van der Waals surface area contributed by atoms with Gasteiger partial charge in [0.2, 0.25) is 0 Å².